The van der Waals surface area contributed by atoms with Crippen LogP contribution in [0.15, 0.2) is 35.8 Å². The van der Waals surface area contributed by atoms with Gasteiger partial charge in [-0.25, -0.2) is 0 Å². The van der Waals surface area contributed by atoms with Crippen LogP contribution >= 0.6 is 11.3 Å². The van der Waals surface area contributed by atoms with Crippen LogP contribution in [-0.2, 0) is 13.1 Å². The van der Waals surface area contributed by atoms with Crippen molar-refractivity contribution >= 4 is 11.3 Å². The van der Waals surface area contributed by atoms with Crippen LogP contribution in [0.3, 0.4) is 0 Å². The van der Waals surface area contributed by atoms with E-state index in [0.717, 1.165) is 24.3 Å². The van der Waals surface area contributed by atoms with Crippen molar-refractivity contribution in [3.63, 3.8) is 0 Å². The number of rotatable bonds is 4. The average molecular weight is 271 g/mol. The SMILES string of the molecule is CN(Cc1ccccn1)Cc1cc(C#CCN)cs1. The van der Waals surface area contributed by atoms with Crippen molar-refractivity contribution in [3.8, 4) is 11.8 Å². The van der Waals surface area contributed by atoms with Gasteiger partial charge in [0.25, 0.3) is 0 Å². The van der Waals surface area contributed by atoms with E-state index in [4.69, 9.17) is 5.73 Å². The highest BCUT2D eigenvalue weighted by Gasteiger charge is 2.04. The molecule has 2 heterocycles. The predicted molar refractivity (Wildman–Crippen MR) is 79.7 cm³/mol. The lowest BCUT2D eigenvalue weighted by molar-refractivity contribution is 0.318. The summed E-state index contributed by atoms with van der Waals surface area (Å²) in [4.78, 5) is 7.88. The van der Waals surface area contributed by atoms with Crippen LogP contribution in [0.2, 0.25) is 0 Å². The van der Waals surface area contributed by atoms with Gasteiger partial charge in [0.05, 0.1) is 12.2 Å². The normalized spacial score (nSPS) is 10.3. The summed E-state index contributed by atoms with van der Waals surface area (Å²) >= 11 is 1.73. The fourth-order valence-electron chi connectivity index (χ4n) is 1.77. The summed E-state index contributed by atoms with van der Waals surface area (Å²) in [7, 11) is 2.10. The van der Waals surface area contributed by atoms with Crippen LogP contribution in [0.1, 0.15) is 16.1 Å². The molecule has 2 aromatic heterocycles. The highest BCUT2D eigenvalue weighted by Crippen LogP contribution is 2.16. The van der Waals surface area contributed by atoms with Crippen molar-refractivity contribution in [2.75, 3.05) is 13.6 Å². The summed E-state index contributed by atoms with van der Waals surface area (Å²) in [6, 6.07) is 8.12. The first-order valence-corrected chi connectivity index (χ1v) is 7.00. The maximum absolute atomic E-state index is 5.36. The van der Waals surface area contributed by atoms with Gasteiger partial charge in [0.15, 0.2) is 0 Å². The van der Waals surface area contributed by atoms with E-state index >= 15 is 0 Å². The Morgan fingerprint density at radius 1 is 1.37 bits per heavy atom. The minimum Gasteiger partial charge on any atom is -0.320 e. The number of pyridine rings is 1. The molecule has 0 atom stereocenters. The van der Waals surface area contributed by atoms with Crippen molar-refractivity contribution in [2.45, 2.75) is 13.1 Å². The number of hydrogen-bond acceptors (Lipinski definition) is 4. The Labute approximate surface area is 118 Å². The van der Waals surface area contributed by atoms with Gasteiger partial charge in [-0.1, -0.05) is 17.9 Å². The minimum absolute atomic E-state index is 0.407. The number of hydrogen-bond donors (Lipinski definition) is 1. The summed E-state index contributed by atoms with van der Waals surface area (Å²) < 4.78 is 0. The van der Waals surface area contributed by atoms with Crippen LogP contribution in [0.4, 0.5) is 0 Å². The summed E-state index contributed by atoms with van der Waals surface area (Å²) in [5.41, 5.74) is 7.50. The lowest BCUT2D eigenvalue weighted by Gasteiger charge is -2.14. The van der Waals surface area contributed by atoms with Gasteiger partial charge in [-0.3, -0.25) is 9.88 Å². The molecule has 4 heteroatoms. The van der Waals surface area contributed by atoms with Gasteiger partial charge < -0.3 is 5.73 Å². The van der Waals surface area contributed by atoms with Crippen molar-refractivity contribution in [1.29, 1.82) is 0 Å². The Hall–Kier alpha value is -1.67. The van der Waals surface area contributed by atoms with E-state index in [1.807, 2.05) is 24.4 Å². The molecule has 2 N–H and O–H groups in total. The molecule has 0 aliphatic carbocycles. The molecule has 2 rings (SSSR count). The van der Waals surface area contributed by atoms with Crippen LogP contribution in [0, 0.1) is 11.8 Å². The smallest absolute Gasteiger partial charge is 0.0555 e. The molecule has 19 heavy (non-hydrogen) atoms. The number of thiophene rings is 1. The summed E-state index contributed by atoms with van der Waals surface area (Å²) in [6.07, 6.45) is 1.83. The zero-order valence-corrected chi connectivity index (χ0v) is 11.8. The van der Waals surface area contributed by atoms with E-state index < -0.39 is 0 Å². The standard InChI is InChI=1S/C15H17N3S/c1-18(10-14-6-2-3-8-17-14)11-15-9-13(12-19-15)5-4-7-16/h2-3,6,8-9,12H,7,10-11,16H2,1H3. The molecule has 3 nitrogen and oxygen atoms in total. The molecule has 0 saturated carbocycles. The first-order chi connectivity index (χ1) is 9.28. The van der Waals surface area contributed by atoms with Gasteiger partial charge in [-0.05, 0) is 25.2 Å². The third kappa shape index (κ3) is 4.49. The lowest BCUT2D eigenvalue weighted by Crippen LogP contribution is -2.17. The third-order valence-electron chi connectivity index (χ3n) is 2.57. The molecular formula is C15H17N3S. The molecule has 0 aliphatic heterocycles. The Morgan fingerprint density at radius 3 is 3.00 bits per heavy atom. The molecular weight excluding hydrogens is 254 g/mol. The second-order valence-corrected chi connectivity index (χ2v) is 5.30. The van der Waals surface area contributed by atoms with E-state index in [-0.39, 0.29) is 0 Å². The van der Waals surface area contributed by atoms with Crippen molar-refractivity contribution in [1.82, 2.24) is 9.88 Å². The molecule has 0 amide bonds. The minimum atomic E-state index is 0.407. The van der Waals surface area contributed by atoms with Crippen molar-refractivity contribution in [2.24, 2.45) is 5.73 Å². The lowest BCUT2D eigenvalue weighted by atomic mass is 10.3. The topological polar surface area (TPSA) is 42.2 Å². The highest BCUT2D eigenvalue weighted by molar-refractivity contribution is 7.10. The van der Waals surface area contributed by atoms with Gasteiger partial charge in [-0.15, -0.1) is 11.3 Å². The maximum atomic E-state index is 5.36. The van der Waals surface area contributed by atoms with Crippen molar-refractivity contribution in [3.05, 3.63) is 52.0 Å². The van der Waals surface area contributed by atoms with E-state index in [2.05, 4.69) is 40.2 Å². The zero-order chi connectivity index (χ0) is 13.5. The summed E-state index contributed by atoms with van der Waals surface area (Å²) in [6.45, 7) is 2.17. The van der Waals surface area contributed by atoms with E-state index in [9.17, 15) is 0 Å². The quantitative estimate of drug-likeness (QED) is 0.866. The maximum Gasteiger partial charge on any atom is 0.0555 e. The Balaban J connectivity index is 1.92. The molecule has 98 valence electrons. The number of aromatic nitrogens is 1. The molecule has 2 aromatic rings. The zero-order valence-electron chi connectivity index (χ0n) is 11.0. The third-order valence-corrected chi connectivity index (χ3v) is 3.49. The second-order valence-electron chi connectivity index (χ2n) is 4.30. The Kier molecular flexibility index (Phi) is 5.10. The first kappa shape index (κ1) is 13.8. The molecule has 0 aliphatic rings. The molecule has 0 fully saturated rings. The van der Waals surface area contributed by atoms with Crippen LogP contribution < -0.4 is 5.73 Å². The Bertz CT molecular complexity index is 566. The fourth-order valence-corrected chi connectivity index (χ4v) is 2.67. The number of nitrogens with two attached hydrogens (primary N) is 1. The summed E-state index contributed by atoms with van der Waals surface area (Å²) in [5.74, 6) is 5.92. The van der Waals surface area contributed by atoms with Gasteiger partial charge in [0, 0.05) is 35.1 Å². The number of nitrogens with zero attached hydrogens (tertiary/aromatic N) is 2. The molecule has 0 bridgehead atoms. The van der Waals surface area contributed by atoms with E-state index in [1.54, 1.807) is 11.3 Å². The van der Waals surface area contributed by atoms with Crippen LogP contribution in [0.5, 0.6) is 0 Å². The monoisotopic (exact) mass is 271 g/mol. The molecule has 0 saturated heterocycles. The molecule has 0 aromatic carbocycles. The average Bonchev–Trinajstić information content (AvgIpc) is 2.85. The summed E-state index contributed by atoms with van der Waals surface area (Å²) in [5, 5.41) is 2.08. The highest BCUT2D eigenvalue weighted by atomic mass is 32.1. The predicted octanol–water partition coefficient (Wildman–Crippen LogP) is 2.09. The fraction of sp³-hybridized carbons (Fsp3) is 0.267. The Morgan fingerprint density at radius 2 is 2.26 bits per heavy atom. The molecule has 0 radical (unpaired) electrons. The molecule has 0 unspecified atom stereocenters. The second kappa shape index (κ2) is 7.05. The molecule has 0 spiro atoms. The largest absolute Gasteiger partial charge is 0.320 e. The first-order valence-electron chi connectivity index (χ1n) is 6.12. The van der Waals surface area contributed by atoms with Crippen LogP contribution in [0.25, 0.3) is 0 Å². The van der Waals surface area contributed by atoms with Crippen LogP contribution in [-0.4, -0.2) is 23.5 Å². The van der Waals surface area contributed by atoms with Gasteiger partial charge in [0.1, 0.15) is 0 Å². The van der Waals surface area contributed by atoms with Gasteiger partial charge in [0.2, 0.25) is 0 Å². The van der Waals surface area contributed by atoms with Crippen molar-refractivity contribution < 1.29 is 0 Å². The van der Waals surface area contributed by atoms with Gasteiger partial charge >= 0.3 is 0 Å². The van der Waals surface area contributed by atoms with Gasteiger partial charge in [-0.2, -0.15) is 0 Å². The van der Waals surface area contributed by atoms with E-state index in [1.165, 1.54) is 4.88 Å². The van der Waals surface area contributed by atoms with E-state index in [0.29, 0.717) is 6.54 Å².